The summed E-state index contributed by atoms with van der Waals surface area (Å²) in [6, 6.07) is 7.84. The molecule has 1 aliphatic rings. The Kier molecular flexibility index (Phi) is 4.24. The van der Waals surface area contributed by atoms with Gasteiger partial charge in [-0.3, -0.25) is 0 Å². The summed E-state index contributed by atoms with van der Waals surface area (Å²) in [5.41, 5.74) is -0.0514. The van der Waals surface area contributed by atoms with Gasteiger partial charge in [0.1, 0.15) is 29.5 Å². The molecule has 2 amide bonds. The molecule has 0 bridgehead atoms. The maximum absolute atomic E-state index is 13.5. The Labute approximate surface area is 136 Å². The fourth-order valence-corrected chi connectivity index (χ4v) is 2.17. The fourth-order valence-electron chi connectivity index (χ4n) is 2.17. The van der Waals surface area contributed by atoms with Gasteiger partial charge in [-0.1, -0.05) is 6.07 Å². The van der Waals surface area contributed by atoms with Gasteiger partial charge in [0, 0.05) is 12.3 Å². The van der Waals surface area contributed by atoms with Crippen LogP contribution in [0.2, 0.25) is 0 Å². The van der Waals surface area contributed by atoms with E-state index in [2.05, 4.69) is 10.3 Å². The van der Waals surface area contributed by atoms with E-state index in [4.69, 9.17) is 10.00 Å². The van der Waals surface area contributed by atoms with Crippen molar-refractivity contribution in [1.82, 2.24) is 9.88 Å². The van der Waals surface area contributed by atoms with Gasteiger partial charge in [0.15, 0.2) is 0 Å². The van der Waals surface area contributed by atoms with Gasteiger partial charge in [-0.05, 0) is 18.2 Å². The topological polar surface area (TPSA) is 78.2 Å². The number of ether oxygens (including phenoxy) is 1. The second-order valence-electron chi connectivity index (χ2n) is 5.17. The van der Waals surface area contributed by atoms with Gasteiger partial charge in [0.2, 0.25) is 5.88 Å². The first-order chi connectivity index (χ1) is 11.6. The Morgan fingerprint density at radius 3 is 2.58 bits per heavy atom. The number of nitrogens with one attached hydrogen (secondary N) is 1. The predicted molar refractivity (Wildman–Crippen MR) is 80.3 cm³/mol. The minimum atomic E-state index is -0.835. The molecule has 0 saturated carbocycles. The lowest BCUT2D eigenvalue weighted by Gasteiger charge is -2.38. The molecule has 3 rings (SSSR count). The molecule has 24 heavy (non-hydrogen) atoms. The van der Waals surface area contributed by atoms with E-state index in [0.29, 0.717) is 11.4 Å². The molecule has 0 unspecified atom stereocenters. The number of anilines is 1. The molecular formula is C16H12F2N4O2. The Balaban J connectivity index is 1.52. The van der Waals surface area contributed by atoms with Gasteiger partial charge < -0.3 is 15.0 Å². The lowest BCUT2D eigenvalue weighted by molar-refractivity contribution is 0.0460. The number of nitriles is 1. The summed E-state index contributed by atoms with van der Waals surface area (Å²) in [4.78, 5) is 17.3. The number of amides is 2. The molecule has 2 aromatic rings. The van der Waals surface area contributed by atoms with Crippen molar-refractivity contribution in [3.63, 3.8) is 0 Å². The van der Waals surface area contributed by atoms with Crippen molar-refractivity contribution < 1.29 is 18.3 Å². The summed E-state index contributed by atoms with van der Waals surface area (Å²) in [6.07, 6.45) is 1.13. The molecule has 6 nitrogen and oxygen atoms in total. The zero-order chi connectivity index (χ0) is 17.1. The molecule has 1 saturated heterocycles. The molecular weight excluding hydrogens is 318 g/mol. The third-order valence-electron chi connectivity index (χ3n) is 3.48. The van der Waals surface area contributed by atoms with Crippen LogP contribution in [0.1, 0.15) is 5.56 Å². The van der Waals surface area contributed by atoms with E-state index in [1.165, 1.54) is 17.2 Å². The number of para-hydroxylation sites is 1. The lowest BCUT2D eigenvalue weighted by Crippen LogP contribution is -2.57. The largest absolute Gasteiger partial charge is 0.471 e. The minimum Gasteiger partial charge on any atom is -0.471 e. The number of benzene rings is 1. The maximum Gasteiger partial charge on any atom is 0.322 e. The Morgan fingerprint density at radius 2 is 2.00 bits per heavy atom. The summed E-state index contributed by atoms with van der Waals surface area (Å²) < 4.78 is 32.5. The molecule has 0 atom stereocenters. The summed E-state index contributed by atoms with van der Waals surface area (Å²) in [6.45, 7) is 0.535. The van der Waals surface area contributed by atoms with Crippen LogP contribution >= 0.6 is 0 Å². The predicted octanol–water partition coefficient (Wildman–Crippen LogP) is 2.53. The molecule has 0 aliphatic carbocycles. The Morgan fingerprint density at radius 1 is 1.29 bits per heavy atom. The number of pyridine rings is 1. The third kappa shape index (κ3) is 3.25. The minimum absolute atomic E-state index is 0.262. The number of likely N-dealkylation sites (tertiary alicyclic amines) is 1. The van der Waals surface area contributed by atoms with Gasteiger partial charge >= 0.3 is 6.03 Å². The van der Waals surface area contributed by atoms with Crippen LogP contribution < -0.4 is 10.1 Å². The molecule has 0 radical (unpaired) electrons. The lowest BCUT2D eigenvalue weighted by atomic mass is 10.2. The number of nitrogens with zero attached hydrogens (tertiary/aromatic N) is 3. The van der Waals surface area contributed by atoms with Crippen LogP contribution in [0.5, 0.6) is 5.88 Å². The molecule has 1 fully saturated rings. The SMILES string of the molecule is N#Cc1ccc(OC2CN(C(=O)Nc3c(F)cccc3F)C2)nc1. The van der Waals surface area contributed by atoms with Crippen molar-refractivity contribution in [3.8, 4) is 11.9 Å². The number of carbonyl (C=O) groups is 1. The van der Waals surface area contributed by atoms with Crippen LogP contribution in [-0.2, 0) is 0 Å². The van der Waals surface area contributed by atoms with E-state index < -0.39 is 23.4 Å². The molecule has 1 N–H and O–H groups in total. The normalized spacial score (nSPS) is 13.8. The Bertz CT molecular complexity index is 778. The van der Waals surface area contributed by atoms with Crippen LogP contribution in [0.15, 0.2) is 36.5 Å². The third-order valence-corrected chi connectivity index (χ3v) is 3.48. The number of urea groups is 1. The summed E-state index contributed by atoms with van der Waals surface area (Å²) >= 11 is 0. The molecule has 122 valence electrons. The zero-order valence-electron chi connectivity index (χ0n) is 12.4. The number of hydrogen-bond donors (Lipinski definition) is 1. The van der Waals surface area contributed by atoms with Crippen LogP contribution in [0.4, 0.5) is 19.3 Å². The molecule has 0 spiro atoms. The van der Waals surface area contributed by atoms with Crippen LogP contribution in [0.25, 0.3) is 0 Å². The second-order valence-corrected chi connectivity index (χ2v) is 5.17. The average molecular weight is 330 g/mol. The van der Waals surface area contributed by atoms with E-state index in [1.807, 2.05) is 6.07 Å². The molecule has 1 aliphatic heterocycles. The van der Waals surface area contributed by atoms with Crippen molar-refractivity contribution in [2.24, 2.45) is 0 Å². The van der Waals surface area contributed by atoms with E-state index in [-0.39, 0.29) is 19.2 Å². The zero-order valence-corrected chi connectivity index (χ0v) is 12.4. The number of carbonyl (C=O) groups excluding carboxylic acids is 1. The number of hydrogen-bond acceptors (Lipinski definition) is 4. The van der Waals surface area contributed by atoms with E-state index in [9.17, 15) is 13.6 Å². The summed E-state index contributed by atoms with van der Waals surface area (Å²) in [7, 11) is 0. The quantitative estimate of drug-likeness (QED) is 0.938. The van der Waals surface area contributed by atoms with Gasteiger partial charge in [-0.2, -0.15) is 5.26 Å². The second kappa shape index (κ2) is 6.50. The summed E-state index contributed by atoms with van der Waals surface area (Å²) in [5.74, 6) is -1.32. The van der Waals surface area contributed by atoms with E-state index >= 15 is 0 Å². The fraction of sp³-hybridized carbons (Fsp3) is 0.188. The van der Waals surface area contributed by atoms with Crippen molar-refractivity contribution in [2.75, 3.05) is 18.4 Å². The van der Waals surface area contributed by atoms with Crippen LogP contribution in [0, 0.1) is 23.0 Å². The van der Waals surface area contributed by atoms with Crippen molar-refractivity contribution >= 4 is 11.7 Å². The first-order valence-corrected chi connectivity index (χ1v) is 7.09. The molecule has 8 heteroatoms. The van der Waals surface area contributed by atoms with Crippen molar-refractivity contribution in [2.45, 2.75) is 6.10 Å². The van der Waals surface area contributed by atoms with Gasteiger partial charge in [0.25, 0.3) is 0 Å². The van der Waals surface area contributed by atoms with Gasteiger partial charge in [0.05, 0.1) is 18.7 Å². The molecule has 1 aromatic heterocycles. The van der Waals surface area contributed by atoms with Crippen LogP contribution in [-0.4, -0.2) is 35.1 Å². The molecule has 1 aromatic carbocycles. The monoisotopic (exact) mass is 330 g/mol. The highest BCUT2D eigenvalue weighted by Gasteiger charge is 2.33. The smallest absolute Gasteiger partial charge is 0.322 e. The maximum atomic E-state index is 13.5. The van der Waals surface area contributed by atoms with E-state index in [0.717, 1.165) is 12.1 Å². The first kappa shape index (κ1) is 15.7. The molecule has 2 heterocycles. The highest BCUT2D eigenvalue weighted by molar-refractivity contribution is 5.90. The number of halogens is 2. The van der Waals surface area contributed by atoms with E-state index in [1.54, 1.807) is 12.1 Å². The van der Waals surface area contributed by atoms with Crippen molar-refractivity contribution in [3.05, 3.63) is 53.7 Å². The average Bonchev–Trinajstić information content (AvgIpc) is 2.54. The Hall–Kier alpha value is -3.21. The first-order valence-electron chi connectivity index (χ1n) is 7.09. The number of aromatic nitrogens is 1. The highest BCUT2D eigenvalue weighted by atomic mass is 19.1. The number of rotatable bonds is 3. The highest BCUT2D eigenvalue weighted by Crippen LogP contribution is 2.21. The standard InChI is InChI=1S/C16H12F2N4O2/c17-12-2-1-3-13(18)15(12)21-16(23)22-8-11(9-22)24-14-5-4-10(6-19)7-20-14/h1-5,7,11H,8-9H2,(H,21,23). The van der Waals surface area contributed by atoms with Gasteiger partial charge in [-0.15, -0.1) is 0 Å². The van der Waals surface area contributed by atoms with Gasteiger partial charge in [-0.25, -0.2) is 18.6 Å². The van der Waals surface area contributed by atoms with Crippen molar-refractivity contribution in [1.29, 1.82) is 5.26 Å². The summed E-state index contributed by atoms with van der Waals surface area (Å²) in [5, 5.41) is 10.9. The van der Waals surface area contributed by atoms with Crippen LogP contribution in [0.3, 0.4) is 0 Å².